The molecule has 132 valence electrons. The summed E-state index contributed by atoms with van der Waals surface area (Å²) in [5, 5.41) is 10.6. The number of esters is 1. The van der Waals surface area contributed by atoms with Gasteiger partial charge in [-0.05, 0) is 44.4 Å². The Hall–Kier alpha value is -1.97. The van der Waals surface area contributed by atoms with Crippen LogP contribution in [0.25, 0.3) is 10.9 Å². The molecule has 0 amide bonds. The van der Waals surface area contributed by atoms with E-state index in [2.05, 4.69) is 18.4 Å². The number of aromatic nitrogens is 1. The van der Waals surface area contributed by atoms with Crippen LogP contribution in [0.2, 0.25) is 0 Å². The molecule has 0 unspecified atom stereocenters. The monoisotopic (exact) mass is 331 g/mol. The van der Waals surface area contributed by atoms with Crippen molar-refractivity contribution in [1.29, 1.82) is 0 Å². The molecular formula is C20H29NO3. The van der Waals surface area contributed by atoms with Crippen LogP contribution >= 0.6 is 0 Å². The first-order chi connectivity index (χ1) is 11.5. The molecule has 1 aromatic heterocycles. The van der Waals surface area contributed by atoms with Gasteiger partial charge in [-0.3, -0.25) is 0 Å². The third-order valence-electron chi connectivity index (χ3n) is 4.77. The van der Waals surface area contributed by atoms with E-state index in [1.54, 1.807) is 12.1 Å². The number of hydrogen-bond donors (Lipinski definition) is 1. The van der Waals surface area contributed by atoms with Gasteiger partial charge in [0.05, 0.1) is 12.2 Å². The molecule has 1 aromatic carbocycles. The van der Waals surface area contributed by atoms with E-state index in [0.717, 1.165) is 29.6 Å². The second-order valence-corrected chi connectivity index (χ2v) is 6.41. The lowest BCUT2D eigenvalue weighted by atomic mass is 9.99. The van der Waals surface area contributed by atoms with Crippen LogP contribution in [0.5, 0.6) is 5.75 Å². The highest BCUT2D eigenvalue weighted by molar-refractivity contribution is 6.06. The number of benzene rings is 1. The Bertz CT molecular complexity index is 702. The minimum absolute atomic E-state index is 0.170. The molecule has 2 aromatic rings. The molecule has 0 aliphatic heterocycles. The smallest absolute Gasteiger partial charge is 0.340 e. The molecule has 0 saturated carbocycles. The summed E-state index contributed by atoms with van der Waals surface area (Å²) in [5.41, 5.74) is 2.49. The van der Waals surface area contributed by atoms with Crippen molar-refractivity contribution in [1.82, 2.24) is 4.57 Å². The number of hydrogen-bond acceptors (Lipinski definition) is 3. The van der Waals surface area contributed by atoms with Gasteiger partial charge < -0.3 is 14.4 Å². The highest BCUT2D eigenvalue weighted by Gasteiger charge is 2.22. The zero-order valence-electron chi connectivity index (χ0n) is 15.3. The fraction of sp³-hybridized carbons (Fsp3) is 0.550. The van der Waals surface area contributed by atoms with E-state index in [-0.39, 0.29) is 11.7 Å². The fourth-order valence-corrected chi connectivity index (χ4v) is 3.34. The molecule has 2 rings (SSSR count). The quantitative estimate of drug-likeness (QED) is 0.689. The number of carbonyl (C=O) groups excluding carboxylic acids is 1. The maximum Gasteiger partial charge on any atom is 0.340 e. The zero-order valence-corrected chi connectivity index (χ0v) is 15.3. The van der Waals surface area contributed by atoms with Crippen LogP contribution in [-0.4, -0.2) is 22.2 Å². The molecule has 4 heteroatoms. The lowest BCUT2D eigenvalue weighted by Gasteiger charge is -2.18. The molecule has 1 heterocycles. The Balaban J connectivity index is 2.49. The Kier molecular flexibility index (Phi) is 6.29. The predicted molar refractivity (Wildman–Crippen MR) is 97.6 cm³/mol. The average Bonchev–Trinajstić information content (AvgIpc) is 2.82. The summed E-state index contributed by atoms with van der Waals surface area (Å²) in [6, 6.07) is 5.24. The number of phenolic OH excluding ortho intramolecular Hbond substituents is 1. The molecule has 4 nitrogen and oxygen atoms in total. The Morgan fingerprint density at radius 1 is 1.29 bits per heavy atom. The van der Waals surface area contributed by atoms with E-state index in [1.807, 2.05) is 19.9 Å². The van der Waals surface area contributed by atoms with Crippen LogP contribution in [0, 0.1) is 12.8 Å². The highest BCUT2D eigenvalue weighted by atomic mass is 16.5. The molecule has 0 spiro atoms. The van der Waals surface area contributed by atoms with Crippen molar-refractivity contribution in [3.05, 3.63) is 29.5 Å². The molecule has 0 saturated heterocycles. The molecule has 0 bridgehead atoms. The molecule has 0 fully saturated rings. The molecule has 1 atom stereocenters. The van der Waals surface area contributed by atoms with Crippen molar-refractivity contribution in [3.63, 3.8) is 0 Å². The van der Waals surface area contributed by atoms with Gasteiger partial charge in [0.2, 0.25) is 0 Å². The predicted octanol–water partition coefficient (Wildman–Crippen LogP) is 5.05. The van der Waals surface area contributed by atoms with E-state index >= 15 is 0 Å². The summed E-state index contributed by atoms with van der Waals surface area (Å²) in [5.74, 6) is 0.442. The molecule has 0 aliphatic rings. The van der Waals surface area contributed by atoms with Crippen molar-refractivity contribution in [3.8, 4) is 5.75 Å². The molecular weight excluding hydrogens is 302 g/mol. The Labute approximate surface area is 144 Å². The lowest BCUT2D eigenvalue weighted by molar-refractivity contribution is 0.0527. The van der Waals surface area contributed by atoms with Crippen LogP contribution in [0.1, 0.15) is 62.5 Å². The van der Waals surface area contributed by atoms with E-state index in [0.29, 0.717) is 18.1 Å². The van der Waals surface area contributed by atoms with Gasteiger partial charge in [-0.1, -0.05) is 33.1 Å². The topological polar surface area (TPSA) is 51.5 Å². The SMILES string of the molecule is CCCC[C@@H](CC)Cn1c(C)c(C(=O)OCC)c2cc(O)ccc21. The van der Waals surface area contributed by atoms with Crippen LogP contribution in [-0.2, 0) is 11.3 Å². The Morgan fingerprint density at radius 3 is 2.67 bits per heavy atom. The van der Waals surface area contributed by atoms with Gasteiger partial charge in [0.25, 0.3) is 0 Å². The van der Waals surface area contributed by atoms with Gasteiger partial charge in [-0.25, -0.2) is 4.79 Å². The largest absolute Gasteiger partial charge is 0.508 e. The fourth-order valence-electron chi connectivity index (χ4n) is 3.34. The molecule has 0 radical (unpaired) electrons. The van der Waals surface area contributed by atoms with Gasteiger partial charge in [-0.15, -0.1) is 0 Å². The summed E-state index contributed by atoms with van der Waals surface area (Å²) in [6.07, 6.45) is 4.73. The molecule has 0 aliphatic carbocycles. The van der Waals surface area contributed by atoms with Crippen molar-refractivity contribution in [2.45, 2.75) is 59.9 Å². The number of nitrogens with zero attached hydrogens (tertiary/aromatic N) is 1. The lowest BCUT2D eigenvalue weighted by Crippen LogP contribution is -2.13. The van der Waals surface area contributed by atoms with Crippen LogP contribution in [0.15, 0.2) is 18.2 Å². The summed E-state index contributed by atoms with van der Waals surface area (Å²) in [4.78, 5) is 12.4. The number of fused-ring (bicyclic) bond motifs is 1. The standard InChI is InChI=1S/C20H29NO3/c1-5-8-9-15(6-2)13-21-14(4)19(20(23)24-7-3)17-12-16(22)10-11-18(17)21/h10-12,15,22H,5-9,13H2,1-4H3/t15-/m1/s1. The maximum absolute atomic E-state index is 12.4. The minimum atomic E-state index is -0.314. The van der Waals surface area contributed by atoms with Crippen molar-refractivity contribution < 1.29 is 14.6 Å². The first kappa shape index (κ1) is 18.4. The van der Waals surface area contributed by atoms with Gasteiger partial charge in [0.1, 0.15) is 5.75 Å². The summed E-state index contributed by atoms with van der Waals surface area (Å²) >= 11 is 0. The van der Waals surface area contributed by atoms with Gasteiger partial charge in [0.15, 0.2) is 0 Å². The van der Waals surface area contributed by atoms with Crippen LogP contribution < -0.4 is 0 Å². The van der Waals surface area contributed by atoms with E-state index in [9.17, 15) is 9.90 Å². The molecule has 1 N–H and O–H groups in total. The number of rotatable bonds is 8. The first-order valence-electron chi connectivity index (χ1n) is 9.02. The second-order valence-electron chi connectivity index (χ2n) is 6.41. The van der Waals surface area contributed by atoms with Gasteiger partial charge >= 0.3 is 5.97 Å². The van der Waals surface area contributed by atoms with Crippen molar-refractivity contribution in [2.24, 2.45) is 5.92 Å². The number of aromatic hydroxyl groups is 1. The van der Waals surface area contributed by atoms with E-state index in [1.165, 1.54) is 19.3 Å². The number of phenols is 1. The number of ether oxygens (including phenoxy) is 1. The molecule has 24 heavy (non-hydrogen) atoms. The van der Waals surface area contributed by atoms with Crippen molar-refractivity contribution >= 4 is 16.9 Å². The third-order valence-corrected chi connectivity index (χ3v) is 4.77. The number of unbranched alkanes of at least 4 members (excludes halogenated alkanes) is 1. The van der Waals surface area contributed by atoms with E-state index in [4.69, 9.17) is 4.74 Å². The van der Waals surface area contributed by atoms with Crippen LogP contribution in [0.4, 0.5) is 0 Å². The summed E-state index contributed by atoms with van der Waals surface area (Å²) < 4.78 is 7.45. The van der Waals surface area contributed by atoms with Gasteiger partial charge in [0, 0.05) is 23.1 Å². The second kappa shape index (κ2) is 8.22. The zero-order chi connectivity index (χ0) is 17.7. The van der Waals surface area contributed by atoms with Gasteiger partial charge in [-0.2, -0.15) is 0 Å². The van der Waals surface area contributed by atoms with Crippen molar-refractivity contribution in [2.75, 3.05) is 6.61 Å². The van der Waals surface area contributed by atoms with E-state index < -0.39 is 0 Å². The third kappa shape index (κ3) is 3.74. The average molecular weight is 331 g/mol. The summed E-state index contributed by atoms with van der Waals surface area (Å²) in [6.45, 7) is 9.45. The maximum atomic E-state index is 12.4. The highest BCUT2D eigenvalue weighted by Crippen LogP contribution is 2.31. The normalized spacial score (nSPS) is 12.5. The number of carbonyl (C=O) groups is 1. The first-order valence-corrected chi connectivity index (χ1v) is 9.02. The Morgan fingerprint density at radius 2 is 2.04 bits per heavy atom. The van der Waals surface area contributed by atoms with Crippen LogP contribution in [0.3, 0.4) is 0 Å². The summed E-state index contributed by atoms with van der Waals surface area (Å²) in [7, 11) is 0. The minimum Gasteiger partial charge on any atom is -0.508 e.